The Morgan fingerprint density at radius 1 is 1.13 bits per heavy atom. The van der Waals surface area contributed by atoms with Gasteiger partial charge in [0.05, 0.1) is 19.3 Å². The van der Waals surface area contributed by atoms with Crippen molar-refractivity contribution in [3.63, 3.8) is 0 Å². The van der Waals surface area contributed by atoms with Crippen LogP contribution in [-0.4, -0.2) is 47.4 Å². The lowest BCUT2D eigenvalue weighted by atomic mass is 9.95. The minimum Gasteiger partial charge on any atom is -0.467 e. The van der Waals surface area contributed by atoms with Crippen LogP contribution in [0.15, 0.2) is 66.3 Å². The molecule has 3 rings (SSSR count). The van der Waals surface area contributed by atoms with Crippen LogP contribution in [0, 0.1) is 0 Å². The average Bonchev–Trinajstić information content (AvgIpc) is 3.32. The number of hydrogen-bond acceptors (Lipinski definition) is 7. The van der Waals surface area contributed by atoms with E-state index in [1.165, 1.54) is 18.4 Å². The molecule has 0 unspecified atom stereocenters. The van der Waals surface area contributed by atoms with Gasteiger partial charge in [-0.15, -0.1) is 11.3 Å². The summed E-state index contributed by atoms with van der Waals surface area (Å²) < 4.78 is 5.02. The van der Waals surface area contributed by atoms with Crippen molar-refractivity contribution in [1.29, 1.82) is 0 Å². The molecule has 3 aromatic rings. The maximum atomic E-state index is 13.0. The fourth-order valence-corrected chi connectivity index (χ4v) is 3.91. The van der Waals surface area contributed by atoms with E-state index >= 15 is 0 Å². The van der Waals surface area contributed by atoms with E-state index in [0.717, 1.165) is 10.6 Å². The summed E-state index contributed by atoms with van der Waals surface area (Å²) in [6.07, 6.45) is 3.32. The second-order valence-corrected chi connectivity index (χ2v) is 7.84. The van der Waals surface area contributed by atoms with Gasteiger partial charge in [-0.3, -0.25) is 14.7 Å². The quantitative estimate of drug-likeness (QED) is 0.560. The Morgan fingerprint density at radius 2 is 1.87 bits per heavy atom. The zero-order valence-corrected chi connectivity index (χ0v) is 17.9. The summed E-state index contributed by atoms with van der Waals surface area (Å²) in [6, 6.07) is 14.6. The number of hydrogen-bond donors (Lipinski definition) is 1. The van der Waals surface area contributed by atoms with Crippen LogP contribution in [0.2, 0.25) is 0 Å². The van der Waals surface area contributed by atoms with Gasteiger partial charge in [-0.2, -0.15) is 0 Å². The number of pyridine rings is 1. The molecule has 0 saturated carbocycles. The van der Waals surface area contributed by atoms with Gasteiger partial charge in [-0.1, -0.05) is 36.4 Å². The standard InChI is InChI=1S/C22H24N4O3S/c1-22(21(28)29-3,17-11-7-8-12-23-17)26(2)15-18(27)25-19(20-24-13-14-30-20)16-9-5-4-6-10-16/h4-14,19H,15H2,1-3H3,(H,25,27)/t19-,22-/m1/s1. The van der Waals surface area contributed by atoms with Crippen LogP contribution in [0.1, 0.15) is 29.2 Å². The predicted molar refractivity (Wildman–Crippen MR) is 115 cm³/mol. The first kappa shape index (κ1) is 21.6. The SMILES string of the molecule is COC(=O)[C@@](C)(c1ccccn1)N(C)CC(=O)N[C@H](c1ccccc1)c1nccs1. The molecule has 1 aromatic carbocycles. The van der Waals surface area contributed by atoms with Crippen LogP contribution in [-0.2, 0) is 19.9 Å². The molecule has 0 aliphatic rings. The van der Waals surface area contributed by atoms with Crippen molar-refractivity contribution in [2.24, 2.45) is 0 Å². The zero-order valence-electron chi connectivity index (χ0n) is 17.1. The lowest BCUT2D eigenvalue weighted by Gasteiger charge is -2.35. The fourth-order valence-electron chi connectivity index (χ4n) is 3.20. The lowest BCUT2D eigenvalue weighted by Crippen LogP contribution is -2.52. The largest absolute Gasteiger partial charge is 0.467 e. The van der Waals surface area contributed by atoms with E-state index in [0.29, 0.717) is 5.69 Å². The lowest BCUT2D eigenvalue weighted by molar-refractivity contribution is -0.155. The molecule has 8 heteroatoms. The first-order valence-electron chi connectivity index (χ1n) is 9.41. The van der Waals surface area contributed by atoms with E-state index < -0.39 is 11.5 Å². The van der Waals surface area contributed by atoms with Gasteiger partial charge in [0.2, 0.25) is 5.91 Å². The van der Waals surface area contributed by atoms with Crippen molar-refractivity contribution in [3.8, 4) is 0 Å². The average molecular weight is 425 g/mol. The van der Waals surface area contributed by atoms with Crippen LogP contribution in [0.25, 0.3) is 0 Å². The predicted octanol–water partition coefficient (Wildman–Crippen LogP) is 2.76. The minimum absolute atomic E-state index is 0.0309. The molecule has 0 aliphatic carbocycles. The number of ether oxygens (including phenoxy) is 1. The van der Waals surface area contributed by atoms with Crippen LogP contribution < -0.4 is 5.32 Å². The molecule has 2 aromatic heterocycles. The number of esters is 1. The molecule has 2 heterocycles. The number of methoxy groups -OCH3 is 1. The number of amides is 1. The summed E-state index contributed by atoms with van der Waals surface area (Å²) in [5, 5.41) is 5.71. The maximum Gasteiger partial charge on any atom is 0.332 e. The molecular weight excluding hydrogens is 400 g/mol. The van der Waals surface area contributed by atoms with E-state index in [2.05, 4.69) is 15.3 Å². The summed E-state index contributed by atoms with van der Waals surface area (Å²) in [7, 11) is 3.03. The molecule has 1 amide bonds. The summed E-state index contributed by atoms with van der Waals surface area (Å²) in [4.78, 5) is 35.9. The minimum atomic E-state index is -1.21. The third kappa shape index (κ3) is 4.55. The Hall–Kier alpha value is -3.10. The second-order valence-electron chi connectivity index (χ2n) is 6.92. The number of likely N-dealkylation sites (N-methyl/N-ethyl adjacent to an activating group) is 1. The normalized spacial score (nSPS) is 14.0. The highest BCUT2D eigenvalue weighted by atomic mass is 32.1. The third-order valence-corrected chi connectivity index (χ3v) is 5.87. The number of thiazole rings is 1. The summed E-state index contributed by atoms with van der Waals surface area (Å²) in [5.74, 6) is -0.733. The van der Waals surface area contributed by atoms with Crippen LogP contribution >= 0.6 is 11.3 Å². The highest BCUT2D eigenvalue weighted by molar-refractivity contribution is 7.09. The molecule has 1 N–H and O–H groups in total. The highest BCUT2D eigenvalue weighted by Crippen LogP contribution is 2.28. The molecule has 7 nitrogen and oxygen atoms in total. The fraction of sp³-hybridized carbons (Fsp3) is 0.273. The first-order chi connectivity index (χ1) is 14.5. The second kappa shape index (κ2) is 9.60. The molecule has 0 aliphatic heterocycles. The summed E-state index contributed by atoms with van der Waals surface area (Å²) in [6.45, 7) is 1.67. The molecular formula is C22H24N4O3S. The van der Waals surface area contributed by atoms with E-state index in [1.54, 1.807) is 49.5 Å². The molecule has 0 spiro atoms. The summed E-state index contributed by atoms with van der Waals surface area (Å²) >= 11 is 1.47. The third-order valence-electron chi connectivity index (χ3n) is 5.03. The van der Waals surface area contributed by atoms with Gasteiger partial charge in [-0.05, 0) is 31.7 Å². The molecule has 0 saturated heterocycles. The molecule has 0 fully saturated rings. The van der Waals surface area contributed by atoms with Crippen molar-refractivity contribution >= 4 is 23.2 Å². The van der Waals surface area contributed by atoms with Crippen molar-refractivity contribution in [1.82, 2.24) is 20.2 Å². The monoisotopic (exact) mass is 424 g/mol. The van der Waals surface area contributed by atoms with E-state index in [-0.39, 0.29) is 18.5 Å². The van der Waals surface area contributed by atoms with Crippen LogP contribution in [0.4, 0.5) is 0 Å². The Balaban J connectivity index is 1.81. The van der Waals surface area contributed by atoms with Gasteiger partial charge in [0.1, 0.15) is 11.0 Å². The van der Waals surface area contributed by atoms with Gasteiger partial charge in [0.25, 0.3) is 0 Å². The number of carbonyl (C=O) groups excluding carboxylic acids is 2. The molecule has 0 radical (unpaired) electrons. The van der Waals surface area contributed by atoms with Crippen molar-refractivity contribution in [2.75, 3.05) is 20.7 Å². The Labute approximate surface area is 179 Å². The van der Waals surface area contributed by atoms with Crippen molar-refractivity contribution in [2.45, 2.75) is 18.5 Å². The molecule has 0 bridgehead atoms. The topological polar surface area (TPSA) is 84.4 Å². The van der Waals surface area contributed by atoms with Gasteiger partial charge < -0.3 is 10.1 Å². The zero-order chi connectivity index (χ0) is 21.6. The maximum absolute atomic E-state index is 13.0. The van der Waals surface area contributed by atoms with Gasteiger partial charge in [-0.25, -0.2) is 9.78 Å². The smallest absolute Gasteiger partial charge is 0.332 e. The molecule has 156 valence electrons. The molecule has 2 atom stereocenters. The summed E-state index contributed by atoms with van der Waals surface area (Å²) in [5.41, 5.74) is 0.229. The van der Waals surface area contributed by atoms with Gasteiger partial charge in [0.15, 0.2) is 5.54 Å². The van der Waals surface area contributed by atoms with Crippen molar-refractivity contribution in [3.05, 3.63) is 82.6 Å². The number of aromatic nitrogens is 2. The Morgan fingerprint density at radius 3 is 2.47 bits per heavy atom. The van der Waals surface area contributed by atoms with E-state index in [9.17, 15) is 9.59 Å². The number of rotatable bonds is 8. The van der Waals surface area contributed by atoms with Gasteiger partial charge >= 0.3 is 5.97 Å². The van der Waals surface area contributed by atoms with E-state index in [4.69, 9.17) is 4.74 Å². The van der Waals surface area contributed by atoms with Gasteiger partial charge in [0, 0.05) is 17.8 Å². The van der Waals surface area contributed by atoms with Crippen LogP contribution in [0.3, 0.4) is 0 Å². The number of benzene rings is 1. The highest BCUT2D eigenvalue weighted by Gasteiger charge is 2.42. The Kier molecular flexibility index (Phi) is 6.91. The Bertz CT molecular complexity index is 967. The first-order valence-corrected chi connectivity index (χ1v) is 10.3. The number of nitrogens with one attached hydrogen (secondary N) is 1. The number of carbonyl (C=O) groups is 2. The van der Waals surface area contributed by atoms with E-state index in [1.807, 2.05) is 35.7 Å². The van der Waals surface area contributed by atoms with Crippen molar-refractivity contribution < 1.29 is 14.3 Å². The van der Waals surface area contributed by atoms with Crippen LogP contribution in [0.5, 0.6) is 0 Å². The molecule has 30 heavy (non-hydrogen) atoms. The number of nitrogens with zero attached hydrogens (tertiary/aromatic N) is 3.